The van der Waals surface area contributed by atoms with Crippen LogP contribution in [0, 0.1) is 0 Å². The highest BCUT2D eigenvalue weighted by atomic mass is 32.2. The van der Waals surface area contributed by atoms with E-state index in [1.165, 1.54) is 36.8 Å². The lowest BCUT2D eigenvalue weighted by molar-refractivity contribution is 0.699. The molecule has 24 heavy (non-hydrogen) atoms. The number of benzene rings is 1. The number of nitrogens with zero attached hydrogens (tertiary/aromatic N) is 4. The number of aromatic nitrogens is 4. The Hall–Kier alpha value is -2.14. The molecule has 0 radical (unpaired) electrons. The van der Waals surface area contributed by atoms with E-state index in [1.807, 2.05) is 30.9 Å². The predicted molar refractivity (Wildman–Crippen MR) is 96.8 cm³/mol. The maximum absolute atomic E-state index is 4.45. The third-order valence-corrected chi connectivity index (χ3v) is 5.93. The molecule has 1 atom stereocenters. The third-order valence-electron chi connectivity index (χ3n) is 4.59. The van der Waals surface area contributed by atoms with E-state index in [0.29, 0.717) is 5.25 Å². The van der Waals surface area contributed by atoms with Gasteiger partial charge >= 0.3 is 0 Å². The summed E-state index contributed by atoms with van der Waals surface area (Å²) in [7, 11) is 2.04. The van der Waals surface area contributed by atoms with E-state index in [4.69, 9.17) is 0 Å². The molecule has 0 amide bonds. The van der Waals surface area contributed by atoms with Crippen molar-refractivity contribution in [2.45, 2.75) is 36.1 Å². The second-order valence-electron chi connectivity index (χ2n) is 6.15. The maximum Gasteiger partial charge on any atom is 0.191 e. The van der Waals surface area contributed by atoms with Gasteiger partial charge in [-0.05, 0) is 42.5 Å². The molecular formula is C19H20N4S. The summed E-state index contributed by atoms with van der Waals surface area (Å²) >= 11 is 1.84. The molecule has 2 aromatic heterocycles. The van der Waals surface area contributed by atoms with Gasteiger partial charge in [0.25, 0.3) is 0 Å². The summed E-state index contributed by atoms with van der Waals surface area (Å²) < 4.78 is 2.09. The Morgan fingerprint density at radius 1 is 1.04 bits per heavy atom. The van der Waals surface area contributed by atoms with E-state index in [0.717, 1.165) is 16.5 Å². The number of thioether (sulfide) groups is 1. The van der Waals surface area contributed by atoms with E-state index in [9.17, 15) is 0 Å². The zero-order chi connectivity index (χ0) is 16.4. The van der Waals surface area contributed by atoms with Crippen molar-refractivity contribution >= 4 is 11.8 Å². The molecule has 0 aliphatic heterocycles. The van der Waals surface area contributed by atoms with Crippen LogP contribution in [0.25, 0.3) is 11.4 Å². The normalized spacial score (nSPS) is 17.3. The van der Waals surface area contributed by atoms with Crippen LogP contribution in [0.1, 0.15) is 35.6 Å². The smallest absolute Gasteiger partial charge is 0.191 e. The van der Waals surface area contributed by atoms with Gasteiger partial charge < -0.3 is 4.57 Å². The molecule has 122 valence electrons. The molecule has 0 N–H and O–H groups in total. The van der Waals surface area contributed by atoms with Crippen molar-refractivity contribution in [3.8, 4) is 11.4 Å². The zero-order valence-corrected chi connectivity index (χ0v) is 14.5. The van der Waals surface area contributed by atoms with Crippen LogP contribution in [0.3, 0.4) is 0 Å². The van der Waals surface area contributed by atoms with E-state index in [2.05, 4.69) is 44.0 Å². The first-order chi connectivity index (χ1) is 11.8. The molecule has 1 aromatic carbocycles. The Balaban J connectivity index is 1.64. The number of hydrogen-bond acceptors (Lipinski definition) is 4. The number of hydrogen-bond donors (Lipinski definition) is 0. The fourth-order valence-electron chi connectivity index (χ4n) is 3.30. The van der Waals surface area contributed by atoms with E-state index >= 15 is 0 Å². The van der Waals surface area contributed by atoms with Gasteiger partial charge in [-0.2, -0.15) is 0 Å². The summed E-state index contributed by atoms with van der Waals surface area (Å²) in [5.74, 6) is 0.891. The van der Waals surface area contributed by atoms with Crippen LogP contribution < -0.4 is 0 Å². The van der Waals surface area contributed by atoms with Crippen LogP contribution in [0.2, 0.25) is 0 Å². The fraction of sp³-hybridized carbons (Fsp3) is 0.316. The van der Waals surface area contributed by atoms with Gasteiger partial charge in [-0.25, -0.2) is 0 Å². The van der Waals surface area contributed by atoms with Crippen molar-refractivity contribution in [3.63, 3.8) is 0 Å². The molecule has 0 fully saturated rings. The number of rotatable bonds is 3. The minimum atomic E-state index is 0.455. The highest BCUT2D eigenvalue weighted by Crippen LogP contribution is 2.42. The fourth-order valence-corrected chi connectivity index (χ4v) is 4.52. The Morgan fingerprint density at radius 3 is 2.75 bits per heavy atom. The van der Waals surface area contributed by atoms with Crippen LogP contribution in [-0.2, 0) is 13.5 Å². The average Bonchev–Trinajstić information content (AvgIpc) is 2.86. The van der Waals surface area contributed by atoms with Crippen LogP contribution in [0.4, 0.5) is 0 Å². The molecule has 0 unspecified atom stereocenters. The van der Waals surface area contributed by atoms with E-state index in [1.54, 1.807) is 12.4 Å². The minimum absolute atomic E-state index is 0.455. The third kappa shape index (κ3) is 2.96. The van der Waals surface area contributed by atoms with E-state index < -0.39 is 0 Å². The lowest BCUT2D eigenvalue weighted by Crippen LogP contribution is -2.00. The first kappa shape index (κ1) is 15.4. The van der Waals surface area contributed by atoms with Gasteiger partial charge in [-0.1, -0.05) is 42.4 Å². The lowest BCUT2D eigenvalue weighted by atomic mass is 10.0. The standard InChI is InChI=1S/C19H20N4S/c1-23-18(15-10-12-20-13-11-15)21-22-19(23)24-17-9-5-3-7-14-6-2-4-8-16(14)17/h2,4,6,8,10-13,17H,3,5,7,9H2,1H3/t17-/m1/s1. The molecule has 3 aromatic rings. The quantitative estimate of drug-likeness (QED) is 0.663. The minimum Gasteiger partial charge on any atom is -0.305 e. The van der Waals surface area contributed by atoms with Gasteiger partial charge in [0.05, 0.1) is 0 Å². The number of fused-ring (bicyclic) bond motifs is 1. The predicted octanol–water partition coefficient (Wildman–Crippen LogP) is 4.44. The highest BCUT2D eigenvalue weighted by Gasteiger charge is 2.22. The molecule has 0 saturated carbocycles. The van der Waals surface area contributed by atoms with E-state index in [-0.39, 0.29) is 0 Å². The van der Waals surface area contributed by atoms with Crippen LogP contribution in [0.5, 0.6) is 0 Å². The van der Waals surface area contributed by atoms with Crippen molar-refractivity contribution < 1.29 is 0 Å². The molecule has 0 bridgehead atoms. The first-order valence-corrected chi connectivity index (χ1v) is 9.25. The Bertz CT molecular complexity index is 828. The molecule has 4 rings (SSSR count). The molecule has 4 nitrogen and oxygen atoms in total. The first-order valence-electron chi connectivity index (χ1n) is 8.37. The van der Waals surface area contributed by atoms with Gasteiger partial charge in [-0.3, -0.25) is 4.98 Å². The van der Waals surface area contributed by atoms with Gasteiger partial charge in [-0.15, -0.1) is 10.2 Å². The summed E-state index contributed by atoms with van der Waals surface area (Å²) in [5, 5.41) is 10.3. The van der Waals surface area contributed by atoms with Gasteiger partial charge in [0.1, 0.15) is 0 Å². The van der Waals surface area contributed by atoms with Crippen LogP contribution in [-0.4, -0.2) is 19.7 Å². The SMILES string of the molecule is Cn1c(S[C@@H]2CCCCc3ccccc32)nnc1-c1ccncc1. The van der Waals surface area contributed by atoms with Gasteiger partial charge in [0.2, 0.25) is 0 Å². The van der Waals surface area contributed by atoms with Crippen molar-refractivity contribution in [1.82, 2.24) is 19.7 Å². The number of aryl methyl sites for hydroxylation is 1. The van der Waals surface area contributed by atoms with Crippen LogP contribution >= 0.6 is 11.8 Å². The summed E-state index contributed by atoms with van der Waals surface area (Å²) in [5.41, 5.74) is 4.01. The lowest BCUT2D eigenvalue weighted by Gasteiger charge is -2.16. The second-order valence-corrected chi connectivity index (χ2v) is 7.32. The summed E-state index contributed by atoms with van der Waals surface area (Å²) in [6.07, 6.45) is 8.50. The molecule has 2 heterocycles. The average molecular weight is 336 g/mol. The van der Waals surface area contributed by atoms with Crippen molar-refractivity contribution in [2.75, 3.05) is 0 Å². The maximum atomic E-state index is 4.45. The Labute approximate surface area is 146 Å². The molecule has 1 aliphatic rings. The van der Waals surface area contributed by atoms with Crippen molar-refractivity contribution in [1.29, 1.82) is 0 Å². The second kappa shape index (κ2) is 6.77. The molecule has 0 saturated heterocycles. The van der Waals surface area contributed by atoms with Gasteiger partial charge in [0, 0.05) is 30.3 Å². The monoisotopic (exact) mass is 336 g/mol. The number of pyridine rings is 1. The zero-order valence-electron chi connectivity index (χ0n) is 13.7. The topological polar surface area (TPSA) is 43.6 Å². The molecule has 0 spiro atoms. The van der Waals surface area contributed by atoms with Gasteiger partial charge in [0.15, 0.2) is 11.0 Å². The van der Waals surface area contributed by atoms with Crippen molar-refractivity contribution in [2.24, 2.45) is 7.05 Å². The molecule has 5 heteroatoms. The summed E-state index contributed by atoms with van der Waals surface area (Å²) in [6.45, 7) is 0. The Morgan fingerprint density at radius 2 is 1.88 bits per heavy atom. The Kier molecular flexibility index (Phi) is 4.34. The highest BCUT2D eigenvalue weighted by molar-refractivity contribution is 7.99. The summed E-state index contributed by atoms with van der Waals surface area (Å²) in [6, 6.07) is 12.8. The molecular weight excluding hydrogens is 316 g/mol. The summed E-state index contributed by atoms with van der Waals surface area (Å²) in [4.78, 5) is 4.07. The van der Waals surface area contributed by atoms with Crippen LogP contribution in [0.15, 0.2) is 53.9 Å². The molecule has 1 aliphatic carbocycles. The largest absolute Gasteiger partial charge is 0.305 e. The van der Waals surface area contributed by atoms with Crippen molar-refractivity contribution in [3.05, 3.63) is 59.9 Å².